The average molecular weight is 264 g/mol. The first-order chi connectivity index (χ1) is 9.68. The van der Waals surface area contributed by atoms with Gasteiger partial charge in [-0.25, -0.2) is 0 Å². The van der Waals surface area contributed by atoms with Gasteiger partial charge in [0.1, 0.15) is 0 Å². The van der Waals surface area contributed by atoms with E-state index in [0.717, 1.165) is 22.9 Å². The Kier molecular flexibility index (Phi) is 3.15. The van der Waals surface area contributed by atoms with Gasteiger partial charge < -0.3 is 4.42 Å². The number of oxazole rings is 1. The van der Waals surface area contributed by atoms with E-state index in [4.69, 9.17) is 4.42 Å². The lowest BCUT2D eigenvalue weighted by molar-refractivity contribution is -0.613. The van der Waals surface area contributed by atoms with Crippen molar-refractivity contribution in [3.05, 3.63) is 71.7 Å². The van der Waals surface area contributed by atoms with Crippen molar-refractivity contribution in [3.8, 4) is 17.0 Å². The van der Waals surface area contributed by atoms with Crippen LogP contribution in [0.3, 0.4) is 0 Å². The SMILES string of the molecule is Cc1ccccc1-[n+]1c(C)oc(-c2ccccc2)c1C. The summed E-state index contributed by atoms with van der Waals surface area (Å²) in [6, 6.07) is 18.6. The molecule has 0 bridgehead atoms. The fraction of sp³-hybridized carbons (Fsp3) is 0.167. The molecule has 3 aromatic rings. The molecule has 0 radical (unpaired) electrons. The van der Waals surface area contributed by atoms with Gasteiger partial charge in [-0.05, 0) is 6.92 Å². The molecule has 3 rings (SSSR count). The van der Waals surface area contributed by atoms with Gasteiger partial charge in [-0.1, -0.05) is 48.5 Å². The molecule has 1 aromatic heterocycles. The molecule has 2 nitrogen and oxygen atoms in total. The van der Waals surface area contributed by atoms with Crippen LogP contribution in [0.25, 0.3) is 17.0 Å². The highest BCUT2D eigenvalue weighted by Crippen LogP contribution is 2.24. The lowest BCUT2D eigenvalue weighted by Gasteiger charge is -1.99. The van der Waals surface area contributed by atoms with Crippen LogP contribution in [0.2, 0.25) is 0 Å². The van der Waals surface area contributed by atoms with Crippen LogP contribution in [0.4, 0.5) is 0 Å². The van der Waals surface area contributed by atoms with Crippen molar-refractivity contribution < 1.29 is 8.98 Å². The summed E-state index contributed by atoms with van der Waals surface area (Å²) in [6.45, 7) is 6.23. The summed E-state index contributed by atoms with van der Waals surface area (Å²) >= 11 is 0. The van der Waals surface area contributed by atoms with E-state index in [-0.39, 0.29) is 0 Å². The molecular weight excluding hydrogens is 246 g/mol. The third kappa shape index (κ3) is 2.03. The van der Waals surface area contributed by atoms with E-state index in [1.54, 1.807) is 0 Å². The number of para-hydroxylation sites is 1. The van der Waals surface area contributed by atoms with Gasteiger partial charge in [-0.15, -0.1) is 4.57 Å². The van der Waals surface area contributed by atoms with Gasteiger partial charge in [0.2, 0.25) is 17.1 Å². The van der Waals surface area contributed by atoms with Crippen molar-refractivity contribution in [2.24, 2.45) is 0 Å². The molecule has 0 N–H and O–H groups in total. The van der Waals surface area contributed by atoms with Crippen LogP contribution >= 0.6 is 0 Å². The molecule has 0 aliphatic carbocycles. The zero-order valence-electron chi connectivity index (χ0n) is 12.1. The minimum Gasteiger partial charge on any atom is -0.401 e. The molecule has 0 unspecified atom stereocenters. The molecule has 0 aliphatic heterocycles. The van der Waals surface area contributed by atoms with E-state index in [9.17, 15) is 0 Å². The first-order valence-electron chi connectivity index (χ1n) is 6.82. The summed E-state index contributed by atoms with van der Waals surface area (Å²) in [5.41, 5.74) is 4.65. The van der Waals surface area contributed by atoms with Crippen molar-refractivity contribution >= 4 is 0 Å². The van der Waals surface area contributed by atoms with Crippen molar-refractivity contribution in [1.29, 1.82) is 0 Å². The third-order valence-corrected chi connectivity index (χ3v) is 3.62. The van der Waals surface area contributed by atoms with Crippen LogP contribution in [-0.4, -0.2) is 0 Å². The highest BCUT2D eigenvalue weighted by molar-refractivity contribution is 5.58. The number of nitrogens with zero attached hydrogens (tertiary/aromatic N) is 1. The minimum absolute atomic E-state index is 0.899. The monoisotopic (exact) mass is 264 g/mol. The Morgan fingerprint density at radius 3 is 2.15 bits per heavy atom. The van der Waals surface area contributed by atoms with Crippen LogP contribution in [-0.2, 0) is 0 Å². The summed E-state index contributed by atoms with van der Waals surface area (Å²) in [5.74, 6) is 1.84. The fourth-order valence-electron chi connectivity index (χ4n) is 2.63. The Morgan fingerprint density at radius 2 is 1.45 bits per heavy atom. The van der Waals surface area contributed by atoms with Crippen LogP contribution in [0.5, 0.6) is 0 Å². The van der Waals surface area contributed by atoms with E-state index in [1.807, 2.05) is 25.1 Å². The van der Waals surface area contributed by atoms with Crippen molar-refractivity contribution in [2.75, 3.05) is 0 Å². The van der Waals surface area contributed by atoms with Crippen LogP contribution in [0.1, 0.15) is 17.1 Å². The molecule has 0 fully saturated rings. The second kappa shape index (κ2) is 4.97. The molecule has 0 saturated carbocycles. The Morgan fingerprint density at radius 1 is 0.800 bits per heavy atom. The van der Waals surface area contributed by atoms with Crippen LogP contribution < -0.4 is 4.57 Å². The number of benzene rings is 2. The Labute approximate surface area is 119 Å². The normalized spacial score (nSPS) is 10.8. The largest absolute Gasteiger partial charge is 0.401 e. The van der Waals surface area contributed by atoms with Crippen molar-refractivity contribution in [1.82, 2.24) is 0 Å². The fourth-order valence-corrected chi connectivity index (χ4v) is 2.63. The average Bonchev–Trinajstić information content (AvgIpc) is 2.76. The number of hydrogen-bond acceptors (Lipinski definition) is 1. The van der Waals surface area contributed by atoms with Gasteiger partial charge in [-0.3, -0.25) is 0 Å². The Bertz CT molecular complexity index is 741. The highest BCUT2D eigenvalue weighted by atomic mass is 16.4. The number of rotatable bonds is 2. The molecule has 0 aliphatic rings. The van der Waals surface area contributed by atoms with E-state index >= 15 is 0 Å². The number of aryl methyl sites for hydroxylation is 2. The quantitative estimate of drug-likeness (QED) is 0.635. The first kappa shape index (κ1) is 12.7. The van der Waals surface area contributed by atoms with Gasteiger partial charge in [0.25, 0.3) is 0 Å². The van der Waals surface area contributed by atoms with Gasteiger partial charge in [0.05, 0.1) is 6.92 Å². The van der Waals surface area contributed by atoms with Gasteiger partial charge in [-0.2, -0.15) is 0 Å². The molecule has 0 spiro atoms. The second-order valence-electron chi connectivity index (χ2n) is 5.02. The summed E-state index contributed by atoms with van der Waals surface area (Å²) in [7, 11) is 0. The maximum absolute atomic E-state index is 6.00. The standard InChI is InChI=1S/C18H18NO/c1-13-9-7-8-12-17(13)19-14(2)18(20-15(19)3)16-10-5-4-6-11-16/h4-12H,1-3H3/q+1. The van der Waals surface area contributed by atoms with Crippen LogP contribution in [0.15, 0.2) is 59.0 Å². The Hall–Kier alpha value is -2.35. The molecule has 1 heterocycles. The lowest BCUT2D eigenvalue weighted by atomic mass is 10.1. The Balaban J connectivity index is 2.20. The first-order valence-corrected chi connectivity index (χ1v) is 6.82. The summed E-state index contributed by atoms with van der Waals surface area (Å²) in [5, 5.41) is 0. The van der Waals surface area contributed by atoms with Crippen molar-refractivity contribution in [2.45, 2.75) is 20.8 Å². The molecule has 20 heavy (non-hydrogen) atoms. The van der Waals surface area contributed by atoms with Gasteiger partial charge in [0.15, 0.2) is 0 Å². The third-order valence-electron chi connectivity index (χ3n) is 3.62. The predicted molar refractivity (Wildman–Crippen MR) is 79.9 cm³/mol. The topological polar surface area (TPSA) is 17.0 Å². The number of hydrogen-bond donors (Lipinski definition) is 0. The van der Waals surface area contributed by atoms with Gasteiger partial charge >= 0.3 is 5.89 Å². The molecule has 2 aromatic carbocycles. The summed E-state index contributed by atoms with van der Waals surface area (Å²) in [4.78, 5) is 0. The van der Waals surface area contributed by atoms with E-state index < -0.39 is 0 Å². The zero-order valence-corrected chi connectivity index (χ0v) is 12.1. The summed E-state index contributed by atoms with van der Waals surface area (Å²) in [6.07, 6.45) is 0. The molecular formula is C18H18NO+. The smallest absolute Gasteiger partial charge is 0.350 e. The second-order valence-corrected chi connectivity index (χ2v) is 5.02. The maximum atomic E-state index is 6.00. The molecule has 0 amide bonds. The molecule has 0 atom stereocenters. The number of aromatic nitrogens is 1. The van der Waals surface area contributed by atoms with Gasteiger partial charge in [0, 0.05) is 24.1 Å². The zero-order chi connectivity index (χ0) is 14.1. The van der Waals surface area contributed by atoms with E-state index in [0.29, 0.717) is 0 Å². The highest BCUT2D eigenvalue weighted by Gasteiger charge is 2.26. The predicted octanol–water partition coefficient (Wildman–Crippen LogP) is 4.15. The minimum atomic E-state index is 0.899. The molecule has 100 valence electrons. The summed E-state index contributed by atoms with van der Waals surface area (Å²) < 4.78 is 8.18. The van der Waals surface area contributed by atoms with Crippen LogP contribution in [0, 0.1) is 20.8 Å². The van der Waals surface area contributed by atoms with E-state index in [2.05, 4.69) is 54.8 Å². The van der Waals surface area contributed by atoms with E-state index in [1.165, 1.54) is 11.3 Å². The molecule has 2 heteroatoms. The maximum Gasteiger partial charge on any atom is 0.350 e. The lowest BCUT2D eigenvalue weighted by Crippen LogP contribution is -2.35. The molecule has 0 saturated heterocycles. The van der Waals surface area contributed by atoms with Crippen molar-refractivity contribution in [3.63, 3.8) is 0 Å².